The van der Waals surface area contributed by atoms with E-state index < -0.39 is 11.5 Å². The highest BCUT2D eigenvalue weighted by Crippen LogP contribution is 2.59. The molecule has 2 aliphatic carbocycles. The molecule has 0 aromatic heterocycles. The van der Waals surface area contributed by atoms with E-state index in [4.69, 9.17) is 9.47 Å². The Balaban J connectivity index is 2.15. The van der Waals surface area contributed by atoms with Gasteiger partial charge in [-0.1, -0.05) is 19.4 Å². The molecule has 3 rings (SSSR count). The summed E-state index contributed by atoms with van der Waals surface area (Å²) in [6.07, 6.45) is 2.85. The molecule has 0 amide bonds. The van der Waals surface area contributed by atoms with Crippen molar-refractivity contribution in [3.63, 3.8) is 0 Å². The second kappa shape index (κ2) is 5.52. The zero-order valence-electron chi connectivity index (χ0n) is 14.4. The maximum absolute atomic E-state index is 12.5. The second-order valence-electron chi connectivity index (χ2n) is 7.44. The van der Waals surface area contributed by atoms with Crippen LogP contribution >= 0.6 is 0 Å². The summed E-state index contributed by atoms with van der Waals surface area (Å²) in [7, 11) is 3.11. The number of carbonyl (C=O) groups excluding carboxylic acids is 1. The van der Waals surface area contributed by atoms with Crippen molar-refractivity contribution >= 4 is 5.97 Å². The Labute approximate surface area is 137 Å². The van der Waals surface area contributed by atoms with Crippen LogP contribution < -0.4 is 4.74 Å². The van der Waals surface area contributed by atoms with Crippen LogP contribution in [-0.4, -0.2) is 25.3 Å². The minimum Gasteiger partial charge on any atom is -0.497 e. The number of carbonyl (C=O) groups is 1. The van der Waals surface area contributed by atoms with Crippen LogP contribution in [0, 0.1) is 11.3 Å². The Morgan fingerprint density at radius 3 is 2.65 bits per heavy atom. The number of aliphatic hydroxyl groups is 1. The molecule has 1 N–H and O–H groups in total. The molecule has 0 aliphatic heterocycles. The zero-order valence-corrected chi connectivity index (χ0v) is 14.4. The van der Waals surface area contributed by atoms with Gasteiger partial charge in [0.1, 0.15) is 5.75 Å². The minimum atomic E-state index is -0.552. The number of hydrogen-bond acceptors (Lipinski definition) is 4. The van der Waals surface area contributed by atoms with E-state index in [9.17, 15) is 9.90 Å². The maximum atomic E-state index is 12.5. The largest absolute Gasteiger partial charge is 0.497 e. The Morgan fingerprint density at radius 2 is 2.00 bits per heavy atom. The third-order valence-electron chi connectivity index (χ3n) is 6.28. The highest BCUT2D eigenvalue weighted by Gasteiger charge is 2.57. The highest BCUT2D eigenvalue weighted by molar-refractivity contribution is 5.77. The molecule has 1 fully saturated rings. The topological polar surface area (TPSA) is 55.8 Å². The van der Waals surface area contributed by atoms with Crippen LogP contribution in [0.4, 0.5) is 0 Å². The van der Waals surface area contributed by atoms with Gasteiger partial charge in [-0.15, -0.1) is 0 Å². The van der Waals surface area contributed by atoms with Crippen molar-refractivity contribution in [1.29, 1.82) is 0 Å². The molecule has 0 spiro atoms. The van der Waals surface area contributed by atoms with E-state index in [1.54, 1.807) is 7.11 Å². The van der Waals surface area contributed by atoms with Crippen molar-refractivity contribution in [1.82, 2.24) is 0 Å². The first-order valence-corrected chi connectivity index (χ1v) is 8.31. The van der Waals surface area contributed by atoms with Gasteiger partial charge in [0.05, 0.1) is 25.7 Å². The Kier molecular flexibility index (Phi) is 3.91. The predicted octanol–water partition coefficient (Wildman–Crippen LogP) is 3.37. The molecule has 1 aromatic carbocycles. The lowest BCUT2D eigenvalue weighted by molar-refractivity contribution is -0.162. The quantitative estimate of drug-likeness (QED) is 0.850. The van der Waals surface area contributed by atoms with Crippen LogP contribution in [0.5, 0.6) is 5.75 Å². The van der Waals surface area contributed by atoms with Gasteiger partial charge in [0, 0.05) is 0 Å². The van der Waals surface area contributed by atoms with Crippen molar-refractivity contribution < 1.29 is 19.4 Å². The zero-order chi connectivity index (χ0) is 16.8. The summed E-state index contributed by atoms with van der Waals surface area (Å²) in [6.45, 7) is 4.22. The van der Waals surface area contributed by atoms with Gasteiger partial charge in [0.2, 0.25) is 0 Å². The molecule has 1 saturated carbocycles. The van der Waals surface area contributed by atoms with Crippen molar-refractivity contribution in [2.45, 2.75) is 51.0 Å². The van der Waals surface area contributed by atoms with Crippen LogP contribution in [0.3, 0.4) is 0 Å². The number of aliphatic hydroxyl groups excluding tert-OH is 1. The van der Waals surface area contributed by atoms with Gasteiger partial charge in [0.15, 0.2) is 0 Å². The fourth-order valence-corrected chi connectivity index (χ4v) is 4.99. The number of hydrogen-bond donors (Lipinski definition) is 1. The summed E-state index contributed by atoms with van der Waals surface area (Å²) in [5, 5.41) is 10.7. The summed E-state index contributed by atoms with van der Waals surface area (Å²) < 4.78 is 10.5. The first-order chi connectivity index (χ1) is 10.9. The van der Waals surface area contributed by atoms with Crippen molar-refractivity contribution in [2.75, 3.05) is 14.2 Å². The van der Waals surface area contributed by atoms with E-state index in [1.807, 2.05) is 25.1 Å². The lowest BCUT2D eigenvalue weighted by atomic mass is 9.49. The molecule has 4 nitrogen and oxygen atoms in total. The normalized spacial score (nSPS) is 35.9. The lowest BCUT2D eigenvalue weighted by Gasteiger charge is -2.54. The number of ether oxygens (including phenoxy) is 2. The average molecular weight is 318 g/mol. The molecule has 126 valence electrons. The monoisotopic (exact) mass is 318 g/mol. The van der Waals surface area contributed by atoms with Gasteiger partial charge >= 0.3 is 5.97 Å². The van der Waals surface area contributed by atoms with Gasteiger partial charge in [-0.05, 0) is 60.8 Å². The number of benzene rings is 1. The first-order valence-electron chi connectivity index (χ1n) is 8.31. The minimum absolute atomic E-state index is 0.0609. The summed E-state index contributed by atoms with van der Waals surface area (Å²) in [4.78, 5) is 12.5. The van der Waals surface area contributed by atoms with Crippen LogP contribution in [0.25, 0.3) is 0 Å². The molecule has 0 saturated heterocycles. The molecule has 4 atom stereocenters. The third kappa shape index (κ3) is 2.26. The Morgan fingerprint density at radius 1 is 1.26 bits per heavy atom. The predicted molar refractivity (Wildman–Crippen MR) is 87.4 cm³/mol. The molecular formula is C19H26O4. The summed E-state index contributed by atoms with van der Waals surface area (Å²) >= 11 is 0. The molecule has 1 aromatic rings. The van der Waals surface area contributed by atoms with E-state index in [0.717, 1.165) is 36.1 Å². The van der Waals surface area contributed by atoms with E-state index in [1.165, 1.54) is 7.11 Å². The number of esters is 1. The maximum Gasteiger partial charge on any atom is 0.311 e. The Bertz CT molecular complexity index is 626. The van der Waals surface area contributed by atoms with Crippen LogP contribution in [0.1, 0.15) is 56.8 Å². The highest BCUT2D eigenvalue weighted by atomic mass is 16.5. The van der Waals surface area contributed by atoms with Crippen LogP contribution in [0.15, 0.2) is 18.2 Å². The van der Waals surface area contributed by atoms with Gasteiger partial charge in [-0.25, -0.2) is 0 Å². The SMILES string of the molecule is COC(=O)C1(C)CCCC2(C)c3cc(OC)ccc3C(O)CC12. The van der Waals surface area contributed by atoms with Gasteiger partial charge in [-0.3, -0.25) is 4.79 Å². The van der Waals surface area contributed by atoms with Crippen molar-refractivity contribution in [2.24, 2.45) is 11.3 Å². The summed E-state index contributed by atoms with van der Waals surface area (Å²) in [5.74, 6) is 0.695. The van der Waals surface area contributed by atoms with E-state index in [-0.39, 0.29) is 17.3 Å². The Hall–Kier alpha value is -1.55. The number of rotatable bonds is 2. The number of methoxy groups -OCH3 is 2. The molecule has 2 aliphatic rings. The average Bonchev–Trinajstić information content (AvgIpc) is 2.56. The fourth-order valence-electron chi connectivity index (χ4n) is 4.99. The summed E-state index contributed by atoms with van der Waals surface area (Å²) in [6, 6.07) is 5.90. The molecule has 0 radical (unpaired) electrons. The van der Waals surface area contributed by atoms with E-state index in [2.05, 4.69) is 6.92 Å². The molecule has 4 unspecified atom stereocenters. The van der Waals surface area contributed by atoms with Crippen molar-refractivity contribution in [3.8, 4) is 5.75 Å². The third-order valence-corrected chi connectivity index (χ3v) is 6.28. The smallest absolute Gasteiger partial charge is 0.311 e. The van der Waals surface area contributed by atoms with Crippen LogP contribution in [-0.2, 0) is 14.9 Å². The second-order valence-corrected chi connectivity index (χ2v) is 7.44. The standard InChI is InChI=1S/C19H26O4/c1-18-8-5-9-19(2,17(21)23-4)16(18)11-15(20)13-7-6-12(22-3)10-14(13)18/h6-7,10,15-16,20H,5,8-9,11H2,1-4H3. The molecule has 23 heavy (non-hydrogen) atoms. The van der Waals surface area contributed by atoms with Gasteiger partial charge < -0.3 is 14.6 Å². The number of fused-ring (bicyclic) bond motifs is 3. The molecule has 4 heteroatoms. The van der Waals surface area contributed by atoms with E-state index in [0.29, 0.717) is 6.42 Å². The van der Waals surface area contributed by atoms with E-state index >= 15 is 0 Å². The van der Waals surface area contributed by atoms with Crippen molar-refractivity contribution in [3.05, 3.63) is 29.3 Å². The van der Waals surface area contributed by atoms with Gasteiger partial charge in [-0.2, -0.15) is 0 Å². The van der Waals surface area contributed by atoms with Crippen LogP contribution in [0.2, 0.25) is 0 Å². The first kappa shape index (κ1) is 16.3. The summed E-state index contributed by atoms with van der Waals surface area (Å²) in [5.41, 5.74) is 1.39. The molecule has 0 heterocycles. The lowest BCUT2D eigenvalue weighted by Crippen LogP contribution is -2.53. The molecular weight excluding hydrogens is 292 g/mol. The molecule has 0 bridgehead atoms. The van der Waals surface area contributed by atoms with Gasteiger partial charge in [0.25, 0.3) is 0 Å². The fraction of sp³-hybridized carbons (Fsp3) is 0.632.